The molecule has 3 N–H and O–H groups in total. The predicted molar refractivity (Wildman–Crippen MR) is 106 cm³/mol. The summed E-state index contributed by atoms with van der Waals surface area (Å²) in [6.45, 7) is 0. The smallest absolute Gasteiger partial charge is 0.234 e. The third-order valence-corrected chi connectivity index (χ3v) is 6.45. The van der Waals surface area contributed by atoms with Crippen LogP contribution in [0.15, 0.2) is 42.5 Å². The number of nitrogens with one attached hydrogen (secondary N) is 1. The third-order valence-electron chi connectivity index (χ3n) is 6.45. The van der Waals surface area contributed by atoms with Gasteiger partial charge in [0.15, 0.2) is 0 Å². The molecule has 3 unspecified atom stereocenters. The number of nitriles is 2. The van der Waals surface area contributed by atoms with Crippen LogP contribution in [0.5, 0.6) is 0 Å². The maximum atomic E-state index is 13.9. The van der Waals surface area contributed by atoms with Gasteiger partial charge in [-0.1, -0.05) is 30.3 Å². The summed E-state index contributed by atoms with van der Waals surface area (Å²) in [5.74, 6) is -0.913. The molecular formula is C23H21FN4O. The van der Waals surface area contributed by atoms with E-state index >= 15 is 0 Å². The fraction of sp³-hybridized carbons (Fsp3) is 0.348. The van der Waals surface area contributed by atoms with Gasteiger partial charge in [-0.2, -0.15) is 10.5 Å². The fourth-order valence-electron chi connectivity index (χ4n) is 4.90. The molecule has 4 rings (SSSR count). The topological polar surface area (TPSA) is 103 Å². The number of primary amides is 1. The second kappa shape index (κ2) is 7.31. The number of carbonyl (C=O) groups is 1. The second-order valence-electron chi connectivity index (χ2n) is 8.07. The van der Waals surface area contributed by atoms with Crippen molar-refractivity contribution in [3.8, 4) is 23.3 Å². The van der Waals surface area contributed by atoms with Crippen molar-refractivity contribution in [2.75, 3.05) is 0 Å². The summed E-state index contributed by atoms with van der Waals surface area (Å²) >= 11 is 0. The average Bonchev–Trinajstić information content (AvgIpc) is 3.32. The molecule has 146 valence electrons. The monoisotopic (exact) mass is 388 g/mol. The summed E-state index contributed by atoms with van der Waals surface area (Å²) in [5, 5.41) is 22.0. The standard InChI is InChI=1S/C23H21FN4O/c24-20-10-16(5-6-18(20)12-25)15-3-1-14(2-4-15)9-19(13-26)23-8-7-17(11-23)21(28-23)22(27)29/h1-6,10,17,19,21,28H,7-9,11H2,(H2,27,29)/t17?,19-,21?,23?/m1/s1. The average molecular weight is 388 g/mol. The molecule has 2 fully saturated rings. The van der Waals surface area contributed by atoms with Gasteiger partial charge in [-0.25, -0.2) is 4.39 Å². The number of piperidine rings is 1. The molecule has 1 amide bonds. The van der Waals surface area contributed by atoms with Crippen LogP contribution in [0.4, 0.5) is 4.39 Å². The highest BCUT2D eigenvalue weighted by molar-refractivity contribution is 5.81. The zero-order chi connectivity index (χ0) is 20.6. The summed E-state index contributed by atoms with van der Waals surface area (Å²) in [5.41, 5.74) is 7.73. The minimum Gasteiger partial charge on any atom is -0.368 e. The minimum atomic E-state index is -0.537. The first-order chi connectivity index (χ1) is 14.0. The number of hydrogen-bond acceptors (Lipinski definition) is 4. The Morgan fingerprint density at radius 1 is 1.24 bits per heavy atom. The highest BCUT2D eigenvalue weighted by atomic mass is 19.1. The summed E-state index contributed by atoms with van der Waals surface area (Å²) in [4.78, 5) is 11.7. The summed E-state index contributed by atoms with van der Waals surface area (Å²) in [6.07, 6.45) is 3.18. The molecule has 2 aromatic rings. The number of amides is 1. The lowest BCUT2D eigenvalue weighted by Crippen LogP contribution is -2.54. The van der Waals surface area contributed by atoms with Crippen LogP contribution in [-0.2, 0) is 11.2 Å². The van der Waals surface area contributed by atoms with Crippen molar-refractivity contribution >= 4 is 5.91 Å². The van der Waals surface area contributed by atoms with Crippen LogP contribution in [0.3, 0.4) is 0 Å². The number of hydrogen-bond donors (Lipinski definition) is 2. The molecular weight excluding hydrogens is 367 g/mol. The highest BCUT2D eigenvalue weighted by Crippen LogP contribution is 2.48. The van der Waals surface area contributed by atoms with Crippen LogP contribution < -0.4 is 11.1 Å². The van der Waals surface area contributed by atoms with Crippen LogP contribution in [0.1, 0.15) is 30.4 Å². The van der Waals surface area contributed by atoms with E-state index in [1.54, 1.807) is 6.07 Å². The summed E-state index contributed by atoms with van der Waals surface area (Å²) < 4.78 is 13.9. The van der Waals surface area contributed by atoms with Gasteiger partial charge in [0, 0.05) is 5.54 Å². The maximum Gasteiger partial charge on any atom is 0.234 e. The first-order valence-electron chi connectivity index (χ1n) is 9.71. The Kier molecular flexibility index (Phi) is 4.82. The van der Waals surface area contributed by atoms with Crippen molar-refractivity contribution in [1.82, 2.24) is 5.32 Å². The van der Waals surface area contributed by atoms with E-state index in [1.807, 2.05) is 30.3 Å². The Labute approximate surface area is 168 Å². The van der Waals surface area contributed by atoms with Crippen molar-refractivity contribution in [1.29, 1.82) is 10.5 Å². The normalized spacial score (nSPS) is 25.9. The number of nitrogens with zero attached hydrogens (tertiary/aromatic N) is 2. The number of nitrogens with two attached hydrogens (primary N) is 1. The Morgan fingerprint density at radius 2 is 1.97 bits per heavy atom. The largest absolute Gasteiger partial charge is 0.368 e. The second-order valence-corrected chi connectivity index (χ2v) is 8.07. The Balaban J connectivity index is 1.51. The van der Waals surface area contributed by atoms with Crippen LogP contribution in [-0.4, -0.2) is 17.5 Å². The van der Waals surface area contributed by atoms with E-state index in [1.165, 1.54) is 12.1 Å². The lowest BCUT2D eigenvalue weighted by Gasteiger charge is -2.34. The van der Waals surface area contributed by atoms with Crippen molar-refractivity contribution in [3.05, 3.63) is 59.4 Å². The van der Waals surface area contributed by atoms with Crippen molar-refractivity contribution in [2.45, 2.75) is 37.3 Å². The van der Waals surface area contributed by atoms with Crippen LogP contribution in [0, 0.1) is 40.3 Å². The zero-order valence-corrected chi connectivity index (χ0v) is 15.9. The SMILES string of the molecule is N#Cc1ccc(-c2ccc(C[C@H](C#N)C34CCC(C3)C(C(N)=O)N4)cc2)cc1F. The molecule has 1 aliphatic heterocycles. The molecule has 0 radical (unpaired) electrons. The van der Waals surface area contributed by atoms with E-state index in [2.05, 4.69) is 11.4 Å². The van der Waals surface area contributed by atoms with Crippen molar-refractivity contribution in [3.63, 3.8) is 0 Å². The summed E-state index contributed by atoms with van der Waals surface area (Å²) in [6, 6.07) is 16.2. The first-order valence-corrected chi connectivity index (χ1v) is 9.71. The molecule has 0 spiro atoms. The lowest BCUT2D eigenvalue weighted by atomic mass is 9.80. The molecule has 0 aromatic heterocycles. The first kappa shape index (κ1) is 19.1. The van der Waals surface area contributed by atoms with Crippen LogP contribution >= 0.6 is 0 Å². The molecule has 29 heavy (non-hydrogen) atoms. The number of rotatable bonds is 5. The molecule has 1 aliphatic carbocycles. The molecule has 5 nitrogen and oxygen atoms in total. The van der Waals surface area contributed by atoms with Gasteiger partial charge < -0.3 is 5.73 Å². The molecule has 1 saturated carbocycles. The molecule has 2 bridgehead atoms. The van der Waals surface area contributed by atoms with Gasteiger partial charge >= 0.3 is 0 Å². The van der Waals surface area contributed by atoms with Gasteiger partial charge in [-0.3, -0.25) is 10.1 Å². The van der Waals surface area contributed by atoms with E-state index in [-0.39, 0.29) is 34.9 Å². The van der Waals surface area contributed by atoms with Crippen molar-refractivity contribution in [2.24, 2.45) is 17.6 Å². The van der Waals surface area contributed by atoms with E-state index in [4.69, 9.17) is 11.0 Å². The van der Waals surface area contributed by atoms with Gasteiger partial charge in [0.2, 0.25) is 5.91 Å². The van der Waals surface area contributed by atoms with E-state index in [0.717, 1.165) is 30.4 Å². The van der Waals surface area contributed by atoms with E-state index < -0.39 is 5.82 Å². The molecule has 2 aromatic carbocycles. The van der Waals surface area contributed by atoms with Gasteiger partial charge in [0.05, 0.1) is 23.6 Å². The maximum absolute atomic E-state index is 13.9. The van der Waals surface area contributed by atoms with Gasteiger partial charge in [-0.15, -0.1) is 0 Å². The fourth-order valence-corrected chi connectivity index (χ4v) is 4.90. The Morgan fingerprint density at radius 3 is 2.55 bits per heavy atom. The number of halogens is 1. The van der Waals surface area contributed by atoms with E-state index in [9.17, 15) is 14.4 Å². The summed E-state index contributed by atoms with van der Waals surface area (Å²) in [7, 11) is 0. The molecule has 2 aliphatic rings. The van der Waals surface area contributed by atoms with Gasteiger partial charge in [-0.05, 0) is 60.4 Å². The Bertz CT molecular complexity index is 1040. The number of fused-ring (bicyclic) bond motifs is 2. The number of carbonyl (C=O) groups excluding carboxylic acids is 1. The van der Waals surface area contributed by atoms with Crippen LogP contribution in [0.2, 0.25) is 0 Å². The lowest BCUT2D eigenvalue weighted by molar-refractivity contribution is -0.121. The third kappa shape index (κ3) is 3.37. The van der Waals surface area contributed by atoms with Crippen LogP contribution in [0.25, 0.3) is 11.1 Å². The van der Waals surface area contributed by atoms with Crippen molar-refractivity contribution < 1.29 is 9.18 Å². The predicted octanol–water partition coefficient (Wildman–Crippen LogP) is 3.04. The molecule has 1 heterocycles. The Hall–Kier alpha value is -3.22. The zero-order valence-electron chi connectivity index (χ0n) is 15.9. The highest BCUT2D eigenvalue weighted by Gasteiger charge is 2.55. The number of benzene rings is 2. The molecule has 6 heteroatoms. The van der Waals surface area contributed by atoms with E-state index in [0.29, 0.717) is 12.0 Å². The molecule has 4 atom stereocenters. The van der Waals surface area contributed by atoms with Gasteiger partial charge in [0.1, 0.15) is 11.9 Å². The quantitative estimate of drug-likeness (QED) is 0.822. The molecule has 1 saturated heterocycles. The minimum absolute atomic E-state index is 0.0229. The van der Waals surface area contributed by atoms with Gasteiger partial charge in [0.25, 0.3) is 0 Å².